The van der Waals surface area contributed by atoms with E-state index in [1.165, 1.54) is 0 Å². The molecular weight excluding hydrogens is 631 g/mol. The van der Waals surface area contributed by atoms with Gasteiger partial charge in [-0.3, -0.25) is 4.18 Å². The molecule has 16 atom stereocenters. The number of hydrogen-bond donors (Lipinski definition) is 6. The van der Waals surface area contributed by atoms with Gasteiger partial charge in [0.2, 0.25) is 10.4 Å². The first-order chi connectivity index (χ1) is 20.9. The molecule has 0 aromatic rings. The van der Waals surface area contributed by atoms with Gasteiger partial charge in [0, 0.05) is 11.8 Å². The summed E-state index contributed by atoms with van der Waals surface area (Å²) in [4.78, 5) is 0. The van der Waals surface area contributed by atoms with Gasteiger partial charge in [-0.2, -0.15) is 0 Å². The predicted octanol–water partition coefficient (Wildman–Crippen LogP) is -1.55. The van der Waals surface area contributed by atoms with Crippen LogP contribution in [-0.4, -0.2) is 105 Å². The standard InChI is InChI=1S/C32H56O12S.Na/c1-17(15-42-29-28(37)27(36)23(34)16-43-29)6-5-7-18(2)22-13-24(44-45(39,40)41)26-20-12-25(35)32(38)14-19(33)8-11-31(32,4)21(20)9-10-30(22,26)3;/h17-29,33-38H,5-16H2,1-4H3,(H,39,40,41);/q;+1/p-1/t17-,18+,19-,20?,21?,22+,23?,24-,25+,26?,27?,28?,29?,30+,31+,32-;/m0./s1. The smallest absolute Gasteiger partial charge is 0.726 e. The van der Waals surface area contributed by atoms with Gasteiger partial charge >= 0.3 is 29.6 Å². The predicted molar refractivity (Wildman–Crippen MR) is 160 cm³/mol. The van der Waals surface area contributed by atoms with Crippen LogP contribution >= 0.6 is 0 Å². The summed E-state index contributed by atoms with van der Waals surface area (Å²) < 4.78 is 52.2. The Hall–Kier alpha value is 0.550. The average Bonchev–Trinajstić information content (AvgIpc) is 3.24. The summed E-state index contributed by atoms with van der Waals surface area (Å²) in [6, 6.07) is 0. The molecule has 12 nitrogen and oxygen atoms in total. The third kappa shape index (κ3) is 7.30. The summed E-state index contributed by atoms with van der Waals surface area (Å²) in [6.45, 7) is 8.60. The minimum atomic E-state index is -4.96. The van der Waals surface area contributed by atoms with Gasteiger partial charge in [0.15, 0.2) is 6.29 Å². The molecule has 1 aliphatic heterocycles. The molecule has 14 heteroatoms. The van der Waals surface area contributed by atoms with Crippen molar-refractivity contribution in [1.82, 2.24) is 0 Å². The molecule has 0 aromatic heterocycles. The Balaban J connectivity index is 0.00000480. The van der Waals surface area contributed by atoms with Crippen molar-refractivity contribution in [3.63, 3.8) is 0 Å². The largest absolute Gasteiger partial charge is 1.00 e. The molecule has 5 rings (SSSR count). The summed E-state index contributed by atoms with van der Waals surface area (Å²) in [7, 11) is -4.96. The quantitative estimate of drug-likeness (QED) is 0.0878. The minimum Gasteiger partial charge on any atom is -0.726 e. The first-order valence-corrected chi connectivity index (χ1v) is 18.2. The molecule has 5 aliphatic rings. The molecule has 1 saturated heterocycles. The van der Waals surface area contributed by atoms with Crippen molar-refractivity contribution in [1.29, 1.82) is 0 Å². The van der Waals surface area contributed by atoms with Crippen molar-refractivity contribution in [2.45, 2.75) is 140 Å². The topological polar surface area (TPSA) is 206 Å². The van der Waals surface area contributed by atoms with E-state index in [0.29, 0.717) is 25.9 Å². The van der Waals surface area contributed by atoms with Crippen LogP contribution in [0.4, 0.5) is 0 Å². The van der Waals surface area contributed by atoms with E-state index >= 15 is 0 Å². The first kappa shape index (κ1) is 39.3. The molecule has 5 fully saturated rings. The number of hydrogen-bond acceptors (Lipinski definition) is 12. The minimum absolute atomic E-state index is 0. The third-order valence-corrected chi connectivity index (χ3v) is 13.6. The number of aliphatic hydroxyl groups excluding tert-OH is 5. The molecule has 0 amide bonds. The van der Waals surface area contributed by atoms with Crippen LogP contribution in [0.2, 0.25) is 0 Å². The van der Waals surface area contributed by atoms with E-state index in [1.54, 1.807) is 0 Å². The Morgan fingerprint density at radius 1 is 1.00 bits per heavy atom. The van der Waals surface area contributed by atoms with E-state index in [-0.39, 0.29) is 89.9 Å². The summed E-state index contributed by atoms with van der Waals surface area (Å²) >= 11 is 0. The van der Waals surface area contributed by atoms with E-state index < -0.39 is 64.3 Å². The van der Waals surface area contributed by atoms with Crippen LogP contribution < -0.4 is 29.6 Å². The molecule has 0 aromatic carbocycles. The maximum atomic E-state index is 12.0. The zero-order valence-electron chi connectivity index (χ0n) is 28.0. The second-order valence-corrected chi connectivity index (χ2v) is 16.8. The Kier molecular flexibility index (Phi) is 12.5. The molecule has 262 valence electrons. The van der Waals surface area contributed by atoms with Gasteiger partial charge in [-0.05, 0) is 85.9 Å². The summed E-state index contributed by atoms with van der Waals surface area (Å²) in [5.41, 5.74) is -2.38. The van der Waals surface area contributed by atoms with Gasteiger partial charge in [0.25, 0.3) is 0 Å². The number of ether oxygens (including phenoxy) is 2. The zero-order chi connectivity index (χ0) is 33.1. The fourth-order valence-electron chi connectivity index (χ4n) is 10.7. The number of rotatable bonds is 10. The van der Waals surface area contributed by atoms with E-state index in [9.17, 15) is 43.6 Å². The van der Waals surface area contributed by atoms with Crippen LogP contribution in [-0.2, 0) is 24.1 Å². The molecule has 0 bridgehead atoms. The van der Waals surface area contributed by atoms with Crippen LogP contribution in [0.25, 0.3) is 0 Å². The first-order valence-electron chi connectivity index (χ1n) is 16.9. The van der Waals surface area contributed by atoms with Crippen LogP contribution in [0.15, 0.2) is 0 Å². The van der Waals surface area contributed by atoms with Crippen molar-refractivity contribution in [3.8, 4) is 0 Å². The molecule has 0 spiro atoms. The summed E-state index contributed by atoms with van der Waals surface area (Å²) in [6.07, 6.45) is -1.22. The third-order valence-electron chi connectivity index (χ3n) is 13.1. The Bertz CT molecular complexity index is 1150. The van der Waals surface area contributed by atoms with Crippen LogP contribution in [0.1, 0.15) is 91.9 Å². The fourth-order valence-corrected chi connectivity index (χ4v) is 11.2. The van der Waals surface area contributed by atoms with Gasteiger partial charge in [-0.25, -0.2) is 8.42 Å². The second kappa shape index (κ2) is 14.7. The van der Waals surface area contributed by atoms with Gasteiger partial charge in [-0.1, -0.05) is 40.5 Å². The van der Waals surface area contributed by atoms with Crippen LogP contribution in [0, 0.1) is 46.3 Å². The number of aliphatic hydroxyl groups is 6. The Morgan fingerprint density at radius 2 is 1.70 bits per heavy atom. The van der Waals surface area contributed by atoms with Gasteiger partial charge in [0.05, 0.1) is 37.1 Å². The number of fused-ring (bicyclic) bond motifs is 5. The maximum absolute atomic E-state index is 12.0. The van der Waals surface area contributed by atoms with Crippen LogP contribution in [0.3, 0.4) is 0 Å². The van der Waals surface area contributed by atoms with Crippen molar-refractivity contribution < 1.29 is 86.8 Å². The summed E-state index contributed by atoms with van der Waals surface area (Å²) in [5.74, 6) is 0.0486. The molecular formula is C32H55NaO12S. The molecule has 4 aliphatic carbocycles. The molecule has 7 unspecified atom stereocenters. The normalized spacial score (nSPS) is 48.8. The van der Waals surface area contributed by atoms with Crippen molar-refractivity contribution >= 4 is 10.4 Å². The second-order valence-electron chi connectivity index (χ2n) is 15.8. The molecule has 1 heterocycles. The van der Waals surface area contributed by atoms with E-state index in [2.05, 4.69) is 13.8 Å². The molecule has 46 heavy (non-hydrogen) atoms. The Morgan fingerprint density at radius 3 is 2.37 bits per heavy atom. The van der Waals surface area contributed by atoms with Gasteiger partial charge in [-0.15, -0.1) is 0 Å². The van der Waals surface area contributed by atoms with E-state index in [1.807, 2.05) is 13.8 Å². The fraction of sp³-hybridized carbons (Fsp3) is 1.00. The summed E-state index contributed by atoms with van der Waals surface area (Å²) in [5, 5.41) is 63.2. The average molecular weight is 687 g/mol. The molecule has 0 radical (unpaired) electrons. The SMILES string of the molecule is C[C@@H](CCC[C@@H](C)[C@H]1C[C@H](OS(=O)(=O)[O-])C2C3C[C@@H](O)[C@@]4(O)C[C@@H](O)CC[C@]4(C)C3CC[C@@]21C)COC1OCC(O)C(O)C1O.[Na+]. The van der Waals surface area contributed by atoms with Crippen molar-refractivity contribution in [2.75, 3.05) is 13.2 Å². The monoisotopic (exact) mass is 686 g/mol. The molecule has 4 saturated carbocycles. The zero-order valence-corrected chi connectivity index (χ0v) is 30.8. The van der Waals surface area contributed by atoms with Crippen molar-refractivity contribution in [2.24, 2.45) is 46.3 Å². The van der Waals surface area contributed by atoms with Crippen molar-refractivity contribution in [3.05, 3.63) is 0 Å². The Labute approximate surface area is 295 Å². The molecule has 6 N–H and O–H groups in total. The van der Waals surface area contributed by atoms with Gasteiger partial charge < -0.3 is 44.7 Å². The maximum Gasteiger partial charge on any atom is 1.00 e. The van der Waals surface area contributed by atoms with E-state index in [4.69, 9.17) is 13.7 Å². The van der Waals surface area contributed by atoms with E-state index in [0.717, 1.165) is 32.1 Å². The van der Waals surface area contributed by atoms with Crippen LogP contribution in [0.5, 0.6) is 0 Å². The van der Waals surface area contributed by atoms with Gasteiger partial charge in [0.1, 0.15) is 18.3 Å².